The summed E-state index contributed by atoms with van der Waals surface area (Å²) in [6.45, 7) is 0.117. The van der Waals surface area contributed by atoms with Crippen molar-refractivity contribution in [3.8, 4) is 22.0 Å². The summed E-state index contributed by atoms with van der Waals surface area (Å²) in [7, 11) is 1.91. The molecule has 0 bridgehead atoms. The molecule has 9 nitrogen and oxygen atoms in total. The van der Waals surface area contributed by atoms with Gasteiger partial charge in [0.15, 0.2) is 11.0 Å². The summed E-state index contributed by atoms with van der Waals surface area (Å²) in [5, 5.41) is 11.8. The predicted molar refractivity (Wildman–Crippen MR) is 127 cm³/mol. The zero-order chi connectivity index (χ0) is 22.8. The van der Waals surface area contributed by atoms with Gasteiger partial charge >= 0.3 is 0 Å². The van der Waals surface area contributed by atoms with Gasteiger partial charge in [0.1, 0.15) is 5.52 Å². The van der Waals surface area contributed by atoms with Crippen LogP contribution in [-0.4, -0.2) is 35.4 Å². The number of hydrogen-bond donors (Lipinski definition) is 1. The molecule has 0 aliphatic heterocycles. The molecule has 3 heterocycles. The predicted octanol–water partition coefficient (Wildman–Crippen LogP) is 3.34. The molecule has 0 aliphatic carbocycles. The quantitative estimate of drug-likeness (QED) is 0.419. The number of anilines is 1. The molecule has 0 fully saturated rings. The molecule has 0 atom stereocenters. The number of carbonyl (C=O) groups excluding carboxylic acids is 1. The van der Waals surface area contributed by atoms with Gasteiger partial charge < -0.3 is 9.88 Å². The molecule has 5 aromatic rings. The molecule has 0 aliphatic rings. The van der Waals surface area contributed by atoms with E-state index in [-0.39, 0.29) is 24.4 Å². The molecular weight excluding hydrogens is 438 g/mol. The Hall–Kier alpha value is -4.18. The minimum Gasteiger partial charge on any atom is -0.333 e. The number of thiazole rings is 1. The molecular formula is C23H19N7O2S. The molecule has 10 heteroatoms. The lowest BCUT2D eigenvalue weighted by Crippen LogP contribution is -2.26. The number of nitrogens with one attached hydrogen (secondary N) is 1. The van der Waals surface area contributed by atoms with Crippen molar-refractivity contribution < 1.29 is 4.79 Å². The van der Waals surface area contributed by atoms with Gasteiger partial charge in [0.25, 0.3) is 5.56 Å². The summed E-state index contributed by atoms with van der Waals surface area (Å²) in [6, 6.07) is 16.8. The van der Waals surface area contributed by atoms with E-state index in [0.717, 1.165) is 22.0 Å². The third-order valence-electron chi connectivity index (χ3n) is 5.12. The lowest BCUT2D eigenvalue weighted by Gasteiger charge is -2.04. The van der Waals surface area contributed by atoms with Gasteiger partial charge in [-0.3, -0.25) is 9.59 Å². The Kier molecular flexibility index (Phi) is 5.49. The van der Waals surface area contributed by atoms with Crippen LogP contribution in [-0.2, 0) is 18.4 Å². The van der Waals surface area contributed by atoms with Crippen LogP contribution in [0.2, 0.25) is 0 Å². The van der Waals surface area contributed by atoms with Crippen LogP contribution in [0.25, 0.3) is 32.9 Å². The number of imidazole rings is 1. The van der Waals surface area contributed by atoms with Crippen molar-refractivity contribution in [3.63, 3.8) is 0 Å². The van der Waals surface area contributed by atoms with E-state index in [9.17, 15) is 9.59 Å². The number of aromatic nitrogens is 6. The number of amides is 1. The summed E-state index contributed by atoms with van der Waals surface area (Å²) >= 11 is 1.36. The second-order valence-corrected chi connectivity index (χ2v) is 8.36. The van der Waals surface area contributed by atoms with Crippen molar-refractivity contribution in [1.82, 2.24) is 29.5 Å². The van der Waals surface area contributed by atoms with Crippen LogP contribution in [0.15, 0.2) is 71.8 Å². The van der Waals surface area contributed by atoms with E-state index in [0.29, 0.717) is 16.0 Å². The second-order valence-electron chi connectivity index (χ2n) is 7.36. The first-order chi connectivity index (χ1) is 16.1. The lowest BCUT2D eigenvalue weighted by molar-refractivity contribution is -0.116. The first-order valence-electron chi connectivity index (χ1n) is 10.3. The van der Waals surface area contributed by atoms with Gasteiger partial charge in [0.2, 0.25) is 5.91 Å². The molecule has 0 saturated heterocycles. The number of fused-ring (bicyclic) bond motifs is 1. The van der Waals surface area contributed by atoms with Gasteiger partial charge in [-0.2, -0.15) is 0 Å². The van der Waals surface area contributed by atoms with E-state index < -0.39 is 0 Å². The summed E-state index contributed by atoms with van der Waals surface area (Å²) < 4.78 is 3.12. The van der Waals surface area contributed by atoms with E-state index in [2.05, 4.69) is 25.6 Å². The molecule has 0 radical (unpaired) electrons. The van der Waals surface area contributed by atoms with Gasteiger partial charge in [-0.25, -0.2) is 14.6 Å². The molecule has 2 aromatic carbocycles. The lowest BCUT2D eigenvalue weighted by atomic mass is 10.1. The van der Waals surface area contributed by atoms with E-state index in [1.165, 1.54) is 16.0 Å². The Morgan fingerprint density at radius 3 is 2.67 bits per heavy atom. The van der Waals surface area contributed by atoms with Crippen molar-refractivity contribution in [2.24, 2.45) is 7.05 Å². The Morgan fingerprint density at radius 2 is 1.88 bits per heavy atom. The largest absolute Gasteiger partial charge is 0.333 e. The minimum absolute atomic E-state index is 0.0604. The summed E-state index contributed by atoms with van der Waals surface area (Å²) in [4.78, 5) is 35.2. The van der Waals surface area contributed by atoms with E-state index in [1.54, 1.807) is 30.5 Å². The number of carbonyl (C=O) groups is 1. The van der Waals surface area contributed by atoms with Crippen LogP contribution in [0.4, 0.5) is 5.13 Å². The fourth-order valence-corrected chi connectivity index (χ4v) is 4.50. The summed E-state index contributed by atoms with van der Waals surface area (Å²) in [5.74, 6) is 0.501. The summed E-state index contributed by atoms with van der Waals surface area (Å²) in [5.41, 5.74) is 1.94. The average molecular weight is 458 g/mol. The van der Waals surface area contributed by atoms with Crippen molar-refractivity contribution in [3.05, 3.63) is 77.3 Å². The molecule has 5 rings (SSSR count). The first kappa shape index (κ1) is 20.7. The van der Waals surface area contributed by atoms with Crippen molar-refractivity contribution in [2.75, 3.05) is 5.32 Å². The molecule has 0 saturated carbocycles. The third-order valence-corrected chi connectivity index (χ3v) is 6.09. The van der Waals surface area contributed by atoms with Crippen LogP contribution >= 0.6 is 11.3 Å². The number of nitrogens with zero attached hydrogens (tertiary/aromatic N) is 6. The Bertz CT molecular complexity index is 1500. The highest BCUT2D eigenvalue weighted by atomic mass is 32.1. The molecule has 33 heavy (non-hydrogen) atoms. The van der Waals surface area contributed by atoms with Crippen molar-refractivity contribution in [1.29, 1.82) is 0 Å². The molecule has 1 N–H and O–H groups in total. The summed E-state index contributed by atoms with van der Waals surface area (Å²) in [6.07, 6.45) is 3.65. The minimum atomic E-state index is -0.272. The third kappa shape index (κ3) is 4.15. The molecule has 0 spiro atoms. The highest BCUT2D eigenvalue weighted by Gasteiger charge is 2.19. The Labute approximate surface area is 192 Å². The van der Waals surface area contributed by atoms with Crippen LogP contribution in [0, 0.1) is 0 Å². The van der Waals surface area contributed by atoms with Gasteiger partial charge in [-0.05, 0) is 12.1 Å². The van der Waals surface area contributed by atoms with Crippen molar-refractivity contribution in [2.45, 2.75) is 13.0 Å². The van der Waals surface area contributed by atoms with Crippen LogP contribution < -0.4 is 10.9 Å². The van der Waals surface area contributed by atoms with Crippen LogP contribution in [0.3, 0.4) is 0 Å². The van der Waals surface area contributed by atoms with Crippen LogP contribution in [0.1, 0.15) is 6.42 Å². The van der Waals surface area contributed by atoms with Gasteiger partial charge in [0.05, 0.1) is 22.5 Å². The van der Waals surface area contributed by atoms with E-state index >= 15 is 0 Å². The second kappa shape index (κ2) is 8.75. The zero-order valence-electron chi connectivity index (χ0n) is 17.7. The number of hydrogen-bond acceptors (Lipinski definition) is 7. The topological polar surface area (TPSA) is 108 Å². The fraction of sp³-hybridized carbons (Fsp3) is 0.130. The molecule has 3 aromatic heterocycles. The van der Waals surface area contributed by atoms with Gasteiger partial charge in [0, 0.05) is 31.4 Å². The average Bonchev–Trinajstić information content (AvgIpc) is 3.45. The van der Waals surface area contributed by atoms with E-state index in [1.807, 2.05) is 48.1 Å². The highest BCUT2D eigenvalue weighted by Crippen LogP contribution is 2.38. The highest BCUT2D eigenvalue weighted by molar-refractivity contribution is 7.19. The standard InChI is InChI=1S/C23H19N7O2S/c1-29-14-12-24-21(29)20-19(15-7-3-2-4-8-15)26-23(33-20)25-18(31)11-13-30-22(32)16-9-5-6-10-17(16)27-28-30/h2-10,12,14H,11,13H2,1H3,(H,25,26,31). The Balaban J connectivity index is 1.37. The monoisotopic (exact) mass is 457 g/mol. The maximum atomic E-state index is 12.6. The SMILES string of the molecule is Cn1ccnc1-c1sc(NC(=O)CCn2nnc3ccccc3c2=O)nc1-c1ccccc1. The van der Waals surface area contributed by atoms with E-state index in [4.69, 9.17) is 0 Å². The fourth-order valence-electron chi connectivity index (χ4n) is 3.46. The van der Waals surface area contributed by atoms with Gasteiger partial charge in [-0.15, -0.1) is 5.10 Å². The van der Waals surface area contributed by atoms with Gasteiger partial charge in [-0.1, -0.05) is 59.0 Å². The van der Waals surface area contributed by atoms with Crippen molar-refractivity contribution >= 4 is 33.3 Å². The number of rotatable bonds is 6. The zero-order valence-corrected chi connectivity index (χ0v) is 18.5. The molecule has 164 valence electrons. The Morgan fingerprint density at radius 1 is 1.09 bits per heavy atom. The number of aryl methyl sites for hydroxylation is 2. The maximum absolute atomic E-state index is 12.6. The normalized spacial score (nSPS) is 11.1. The number of benzene rings is 2. The first-order valence-corrected chi connectivity index (χ1v) is 11.1. The molecule has 1 amide bonds. The molecule has 0 unspecified atom stereocenters. The smallest absolute Gasteiger partial charge is 0.277 e. The maximum Gasteiger partial charge on any atom is 0.277 e. The van der Waals surface area contributed by atoms with Crippen LogP contribution in [0.5, 0.6) is 0 Å².